The van der Waals surface area contributed by atoms with E-state index in [0.29, 0.717) is 5.69 Å². The quantitative estimate of drug-likeness (QED) is 0.853. The van der Waals surface area contributed by atoms with E-state index < -0.39 is 10.0 Å². The van der Waals surface area contributed by atoms with E-state index >= 15 is 0 Å². The fraction of sp³-hybridized carbons (Fsp3) is 0.273. The van der Waals surface area contributed by atoms with Crippen LogP contribution in [0.25, 0.3) is 10.9 Å². The van der Waals surface area contributed by atoms with E-state index in [1.807, 2.05) is 6.07 Å². The second-order valence-corrected chi connectivity index (χ2v) is 5.98. The Labute approximate surface area is 93.7 Å². The van der Waals surface area contributed by atoms with Crippen molar-refractivity contribution >= 4 is 26.6 Å². The van der Waals surface area contributed by atoms with Gasteiger partial charge in [-0.2, -0.15) is 0 Å². The van der Waals surface area contributed by atoms with Crippen molar-refractivity contribution in [2.45, 2.75) is 18.1 Å². The lowest BCUT2D eigenvalue weighted by Crippen LogP contribution is -2.16. The molecule has 0 aliphatic heterocycles. The molecule has 1 aliphatic rings. The molecule has 1 aromatic heterocycles. The molecule has 83 valence electrons. The Bertz CT molecular complexity index is 626. The molecular formula is C11H11N2O2S. The van der Waals surface area contributed by atoms with Crippen LogP contribution in [0.4, 0.5) is 5.69 Å². The van der Waals surface area contributed by atoms with Gasteiger partial charge in [0.2, 0.25) is 10.0 Å². The molecular weight excluding hydrogens is 224 g/mol. The topological polar surface area (TPSA) is 62.0 Å². The Balaban J connectivity index is 2.00. The molecule has 2 aromatic rings. The van der Waals surface area contributed by atoms with E-state index in [-0.39, 0.29) is 5.25 Å². The van der Waals surface area contributed by atoms with E-state index in [1.54, 1.807) is 18.3 Å². The van der Waals surface area contributed by atoms with E-state index in [2.05, 4.69) is 15.8 Å². The third-order valence-electron chi connectivity index (χ3n) is 2.74. The molecule has 16 heavy (non-hydrogen) atoms. The molecule has 0 atom stereocenters. The number of hydrogen-bond donors (Lipinski definition) is 2. The maximum absolute atomic E-state index is 11.8. The predicted octanol–water partition coefficient (Wildman–Crippen LogP) is 1.87. The molecule has 1 fully saturated rings. The Hall–Kier alpha value is -1.49. The van der Waals surface area contributed by atoms with Crippen molar-refractivity contribution in [2.75, 3.05) is 4.72 Å². The molecule has 0 unspecified atom stereocenters. The number of aromatic nitrogens is 1. The second kappa shape index (κ2) is 3.25. The number of benzene rings is 1. The monoisotopic (exact) mass is 235 g/mol. The zero-order valence-corrected chi connectivity index (χ0v) is 9.34. The molecule has 0 saturated heterocycles. The average Bonchev–Trinajstić information content (AvgIpc) is 3.04. The van der Waals surface area contributed by atoms with E-state index in [1.165, 1.54) is 0 Å². The van der Waals surface area contributed by atoms with Crippen LogP contribution < -0.4 is 4.72 Å². The van der Waals surface area contributed by atoms with Gasteiger partial charge in [0.25, 0.3) is 0 Å². The molecule has 1 aromatic carbocycles. The van der Waals surface area contributed by atoms with Gasteiger partial charge < -0.3 is 4.98 Å². The highest BCUT2D eigenvalue weighted by Crippen LogP contribution is 2.31. The molecule has 0 spiro atoms. The minimum atomic E-state index is -3.19. The average molecular weight is 235 g/mol. The summed E-state index contributed by atoms with van der Waals surface area (Å²) in [4.78, 5) is 3.02. The highest BCUT2D eigenvalue weighted by atomic mass is 32.2. The summed E-state index contributed by atoms with van der Waals surface area (Å²) < 4.78 is 26.2. The molecule has 0 bridgehead atoms. The summed E-state index contributed by atoms with van der Waals surface area (Å²) in [7, 11) is -3.19. The van der Waals surface area contributed by atoms with Crippen molar-refractivity contribution in [3.8, 4) is 0 Å². The molecule has 1 radical (unpaired) electrons. The van der Waals surface area contributed by atoms with Crippen LogP contribution in [0.2, 0.25) is 0 Å². The number of H-pyrrole nitrogens is 1. The molecule has 1 saturated carbocycles. The van der Waals surface area contributed by atoms with Gasteiger partial charge >= 0.3 is 0 Å². The van der Waals surface area contributed by atoms with Crippen molar-refractivity contribution in [1.82, 2.24) is 4.98 Å². The van der Waals surface area contributed by atoms with Crippen LogP contribution in [-0.2, 0) is 10.0 Å². The first kappa shape index (κ1) is 9.72. The summed E-state index contributed by atoms with van der Waals surface area (Å²) in [6.45, 7) is 0. The first-order valence-electron chi connectivity index (χ1n) is 5.16. The van der Waals surface area contributed by atoms with Crippen molar-refractivity contribution in [3.05, 3.63) is 30.5 Å². The van der Waals surface area contributed by atoms with Gasteiger partial charge in [0.15, 0.2) is 0 Å². The number of rotatable bonds is 3. The summed E-state index contributed by atoms with van der Waals surface area (Å²) >= 11 is 0. The summed E-state index contributed by atoms with van der Waals surface area (Å²) in [5.74, 6) is 0. The fourth-order valence-corrected chi connectivity index (χ4v) is 3.10. The van der Waals surface area contributed by atoms with Crippen molar-refractivity contribution < 1.29 is 8.42 Å². The van der Waals surface area contributed by atoms with Crippen LogP contribution in [0.5, 0.6) is 0 Å². The van der Waals surface area contributed by atoms with Crippen LogP contribution in [0.1, 0.15) is 12.8 Å². The maximum Gasteiger partial charge on any atom is 0.235 e. The largest absolute Gasteiger partial charge is 0.359 e. The van der Waals surface area contributed by atoms with E-state index in [9.17, 15) is 8.42 Å². The summed E-state index contributed by atoms with van der Waals surface area (Å²) in [6.07, 6.45) is 3.21. The lowest BCUT2D eigenvalue weighted by atomic mass is 10.2. The Morgan fingerprint density at radius 3 is 3.00 bits per heavy atom. The van der Waals surface area contributed by atoms with Gasteiger partial charge in [-0.1, -0.05) is 6.07 Å². The van der Waals surface area contributed by atoms with Crippen LogP contribution in [0, 0.1) is 6.07 Å². The fourth-order valence-electron chi connectivity index (χ4n) is 1.71. The lowest BCUT2D eigenvalue weighted by molar-refractivity contribution is 0.600. The Kier molecular flexibility index (Phi) is 1.97. The predicted molar refractivity (Wildman–Crippen MR) is 62.7 cm³/mol. The van der Waals surface area contributed by atoms with Crippen molar-refractivity contribution in [1.29, 1.82) is 0 Å². The maximum atomic E-state index is 11.8. The highest BCUT2D eigenvalue weighted by Gasteiger charge is 2.36. The first-order valence-corrected chi connectivity index (χ1v) is 6.70. The number of anilines is 1. The van der Waals surface area contributed by atoms with Crippen molar-refractivity contribution in [2.24, 2.45) is 0 Å². The van der Waals surface area contributed by atoms with Gasteiger partial charge in [-0.05, 0) is 31.0 Å². The standard InChI is InChI=1S/C11H11N2O2S/c14-16(15,8-5-6-8)13-11-7-12-10-4-2-1-3-9(10)11/h2-4,7-8,12-13H,5-6H2. The molecule has 4 nitrogen and oxygen atoms in total. The van der Waals surface area contributed by atoms with Gasteiger partial charge in [-0.3, -0.25) is 4.72 Å². The molecule has 2 N–H and O–H groups in total. The Morgan fingerprint density at radius 1 is 1.44 bits per heavy atom. The summed E-state index contributed by atoms with van der Waals surface area (Å²) in [5, 5.41) is 0.650. The van der Waals surface area contributed by atoms with Gasteiger partial charge in [0, 0.05) is 17.1 Å². The van der Waals surface area contributed by atoms with E-state index in [0.717, 1.165) is 23.7 Å². The van der Waals surface area contributed by atoms with Gasteiger partial charge in [0.1, 0.15) is 0 Å². The van der Waals surface area contributed by atoms with Gasteiger partial charge in [-0.15, -0.1) is 0 Å². The molecule has 3 rings (SSSR count). The summed E-state index contributed by atoms with van der Waals surface area (Å²) in [5.41, 5.74) is 1.52. The van der Waals surface area contributed by atoms with Crippen LogP contribution >= 0.6 is 0 Å². The first-order chi connectivity index (χ1) is 7.67. The number of hydrogen-bond acceptors (Lipinski definition) is 2. The van der Waals surface area contributed by atoms with Crippen molar-refractivity contribution in [3.63, 3.8) is 0 Å². The zero-order valence-electron chi connectivity index (χ0n) is 8.53. The van der Waals surface area contributed by atoms with Gasteiger partial charge in [-0.25, -0.2) is 8.42 Å². The van der Waals surface area contributed by atoms with Crippen LogP contribution in [0.3, 0.4) is 0 Å². The molecule has 1 heterocycles. The molecule has 0 amide bonds. The minimum absolute atomic E-state index is 0.204. The molecule has 5 heteroatoms. The number of aromatic amines is 1. The van der Waals surface area contributed by atoms with Gasteiger partial charge in [0.05, 0.1) is 10.9 Å². The SMILES string of the molecule is O=S(=O)(Nc1c[nH]c2cc[c]cc12)C1CC1. The lowest BCUT2D eigenvalue weighted by Gasteiger charge is -2.04. The molecule has 1 aliphatic carbocycles. The second-order valence-electron chi connectivity index (χ2n) is 4.02. The number of sulfonamides is 1. The third-order valence-corrected chi connectivity index (χ3v) is 4.60. The minimum Gasteiger partial charge on any atom is -0.359 e. The number of nitrogens with one attached hydrogen (secondary N) is 2. The van der Waals surface area contributed by atoms with Crippen LogP contribution in [-0.4, -0.2) is 18.7 Å². The highest BCUT2D eigenvalue weighted by molar-refractivity contribution is 7.93. The number of fused-ring (bicyclic) bond motifs is 1. The third kappa shape index (κ3) is 1.57. The normalized spacial score (nSPS) is 16.5. The van der Waals surface area contributed by atoms with Crippen LogP contribution in [0.15, 0.2) is 24.4 Å². The Morgan fingerprint density at radius 2 is 2.25 bits per heavy atom. The summed E-state index contributed by atoms with van der Waals surface area (Å²) in [6, 6.07) is 8.37. The van der Waals surface area contributed by atoms with E-state index in [4.69, 9.17) is 0 Å². The smallest absolute Gasteiger partial charge is 0.235 e. The zero-order chi connectivity index (χ0) is 11.2.